The number of carbonyl (C=O) groups excluding carboxylic acids is 3. The molecule has 198 valence electrons. The summed E-state index contributed by atoms with van der Waals surface area (Å²) in [6, 6.07) is 20.4. The maximum Gasteiger partial charge on any atom is 0.262 e. The summed E-state index contributed by atoms with van der Waals surface area (Å²) in [6.07, 6.45) is 0.978. The molecule has 1 aliphatic heterocycles. The zero-order valence-electron chi connectivity index (χ0n) is 22.0. The third kappa shape index (κ3) is 6.51. The SMILES string of the molecule is CCc1cccc(C)c1NC(=O)COc1ccc(N2C[C@@H](C(=O)NCc3ccc(OC)cc3)CC2=O)cc1. The molecular weight excluding hydrogens is 482 g/mol. The summed E-state index contributed by atoms with van der Waals surface area (Å²) in [5, 5.41) is 5.86. The van der Waals surface area contributed by atoms with Crippen molar-refractivity contribution in [1.29, 1.82) is 0 Å². The summed E-state index contributed by atoms with van der Waals surface area (Å²) in [7, 11) is 1.61. The first-order chi connectivity index (χ1) is 18.4. The summed E-state index contributed by atoms with van der Waals surface area (Å²) in [6.45, 7) is 4.58. The van der Waals surface area contributed by atoms with Crippen LogP contribution in [-0.4, -0.2) is 38.0 Å². The van der Waals surface area contributed by atoms with Crippen molar-refractivity contribution in [2.45, 2.75) is 33.2 Å². The van der Waals surface area contributed by atoms with Crippen LogP contribution in [0.25, 0.3) is 0 Å². The molecule has 3 aromatic carbocycles. The van der Waals surface area contributed by atoms with E-state index in [-0.39, 0.29) is 30.7 Å². The molecule has 8 heteroatoms. The van der Waals surface area contributed by atoms with E-state index in [0.29, 0.717) is 24.5 Å². The van der Waals surface area contributed by atoms with E-state index in [9.17, 15) is 14.4 Å². The topological polar surface area (TPSA) is 97.0 Å². The largest absolute Gasteiger partial charge is 0.497 e. The number of hydrogen-bond donors (Lipinski definition) is 2. The molecule has 1 aliphatic rings. The fourth-order valence-corrected chi connectivity index (χ4v) is 4.46. The molecule has 0 aliphatic carbocycles. The third-order valence-electron chi connectivity index (χ3n) is 6.64. The van der Waals surface area contributed by atoms with Crippen molar-refractivity contribution < 1.29 is 23.9 Å². The third-order valence-corrected chi connectivity index (χ3v) is 6.64. The summed E-state index contributed by atoms with van der Waals surface area (Å²) >= 11 is 0. The first-order valence-electron chi connectivity index (χ1n) is 12.7. The van der Waals surface area contributed by atoms with E-state index < -0.39 is 5.92 Å². The molecule has 0 spiro atoms. The van der Waals surface area contributed by atoms with Crippen LogP contribution in [0, 0.1) is 12.8 Å². The normalized spacial score (nSPS) is 14.8. The van der Waals surface area contributed by atoms with Crippen LogP contribution < -0.4 is 25.0 Å². The highest BCUT2D eigenvalue weighted by Crippen LogP contribution is 2.27. The van der Waals surface area contributed by atoms with Gasteiger partial charge in [-0.15, -0.1) is 0 Å². The number of para-hydroxylation sites is 1. The molecule has 1 atom stereocenters. The standard InChI is InChI=1S/C30H33N3O5/c1-4-22-7-5-6-20(2)29(22)32-27(34)19-38-26-14-10-24(11-15-26)33-18-23(16-28(33)35)30(36)31-17-21-8-12-25(37-3)13-9-21/h5-15,23H,4,16-19H2,1-3H3,(H,31,36)(H,32,34)/t23-/m0/s1. The molecule has 0 bridgehead atoms. The monoisotopic (exact) mass is 515 g/mol. The quantitative estimate of drug-likeness (QED) is 0.421. The maximum absolute atomic E-state index is 12.7. The molecule has 0 saturated carbocycles. The Hall–Kier alpha value is -4.33. The minimum atomic E-state index is -0.421. The highest BCUT2D eigenvalue weighted by molar-refractivity contribution is 6.00. The number of ether oxygens (including phenoxy) is 2. The molecule has 38 heavy (non-hydrogen) atoms. The van der Waals surface area contributed by atoms with Crippen molar-refractivity contribution in [1.82, 2.24) is 5.32 Å². The van der Waals surface area contributed by atoms with Crippen molar-refractivity contribution in [2.75, 3.05) is 30.5 Å². The van der Waals surface area contributed by atoms with Crippen molar-refractivity contribution in [3.05, 3.63) is 83.4 Å². The number of rotatable bonds is 10. The van der Waals surface area contributed by atoms with Gasteiger partial charge in [-0.1, -0.05) is 37.3 Å². The number of amides is 3. The number of carbonyl (C=O) groups is 3. The average Bonchev–Trinajstić information content (AvgIpc) is 3.33. The summed E-state index contributed by atoms with van der Waals surface area (Å²) in [5.41, 5.74) is 4.55. The zero-order chi connectivity index (χ0) is 27.1. The molecule has 8 nitrogen and oxygen atoms in total. The van der Waals surface area contributed by atoms with E-state index in [0.717, 1.165) is 34.5 Å². The van der Waals surface area contributed by atoms with Gasteiger partial charge in [0.15, 0.2) is 6.61 Å². The molecule has 0 unspecified atom stereocenters. The number of methoxy groups -OCH3 is 1. The Morgan fingerprint density at radius 3 is 2.39 bits per heavy atom. The van der Waals surface area contributed by atoms with E-state index >= 15 is 0 Å². The lowest BCUT2D eigenvalue weighted by Gasteiger charge is -2.17. The minimum Gasteiger partial charge on any atom is -0.497 e. The second kappa shape index (κ2) is 12.3. The molecule has 1 fully saturated rings. The van der Waals surface area contributed by atoms with E-state index in [4.69, 9.17) is 9.47 Å². The Morgan fingerprint density at radius 2 is 1.71 bits per heavy atom. The highest BCUT2D eigenvalue weighted by atomic mass is 16.5. The second-order valence-corrected chi connectivity index (χ2v) is 9.26. The van der Waals surface area contributed by atoms with Crippen LogP contribution in [0.1, 0.15) is 30.0 Å². The van der Waals surface area contributed by atoms with E-state index in [1.54, 1.807) is 36.3 Å². The smallest absolute Gasteiger partial charge is 0.262 e. The summed E-state index contributed by atoms with van der Waals surface area (Å²) in [5.74, 6) is 0.357. The van der Waals surface area contributed by atoms with Gasteiger partial charge in [0.25, 0.3) is 5.91 Å². The molecule has 3 amide bonds. The van der Waals surface area contributed by atoms with Gasteiger partial charge < -0.3 is 25.0 Å². The Bertz CT molecular complexity index is 1290. The molecule has 0 aromatic heterocycles. The number of anilines is 2. The van der Waals surface area contributed by atoms with E-state index in [2.05, 4.69) is 10.6 Å². The van der Waals surface area contributed by atoms with Crippen LogP contribution in [0.15, 0.2) is 66.7 Å². The number of benzene rings is 3. The van der Waals surface area contributed by atoms with Crippen molar-refractivity contribution in [3.63, 3.8) is 0 Å². The summed E-state index contributed by atoms with van der Waals surface area (Å²) < 4.78 is 10.8. The van der Waals surface area contributed by atoms with Crippen LogP contribution in [0.3, 0.4) is 0 Å². The maximum atomic E-state index is 12.7. The van der Waals surface area contributed by atoms with Gasteiger partial charge in [-0.25, -0.2) is 0 Å². The molecule has 2 N–H and O–H groups in total. The predicted octanol–water partition coefficient (Wildman–Crippen LogP) is 4.25. The van der Waals surface area contributed by atoms with Crippen LogP contribution in [0.2, 0.25) is 0 Å². The van der Waals surface area contributed by atoms with Crippen molar-refractivity contribution in [2.24, 2.45) is 5.92 Å². The Morgan fingerprint density at radius 1 is 1.00 bits per heavy atom. The predicted molar refractivity (Wildman–Crippen MR) is 146 cm³/mol. The van der Waals surface area contributed by atoms with Gasteiger partial charge >= 0.3 is 0 Å². The first kappa shape index (κ1) is 26.7. The lowest BCUT2D eigenvalue weighted by atomic mass is 10.1. The number of nitrogens with zero attached hydrogens (tertiary/aromatic N) is 1. The molecule has 1 heterocycles. The fraction of sp³-hybridized carbons (Fsp3) is 0.300. The number of aryl methyl sites for hydroxylation is 2. The van der Waals surface area contributed by atoms with Gasteiger partial charge in [0.1, 0.15) is 11.5 Å². The molecule has 0 radical (unpaired) electrons. The van der Waals surface area contributed by atoms with Gasteiger partial charge in [0.05, 0.1) is 13.0 Å². The van der Waals surface area contributed by atoms with E-state index in [1.807, 2.05) is 56.3 Å². The van der Waals surface area contributed by atoms with Crippen LogP contribution in [0.5, 0.6) is 11.5 Å². The Labute approximate surface area is 222 Å². The van der Waals surface area contributed by atoms with Gasteiger partial charge in [-0.3, -0.25) is 14.4 Å². The molecular formula is C30H33N3O5. The van der Waals surface area contributed by atoms with E-state index in [1.165, 1.54) is 0 Å². The van der Waals surface area contributed by atoms with Gasteiger partial charge in [0, 0.05) is 30.9 Å². The zero-order valence-corrected chi connectivity index (χ0v) is 22.0. The number of nitrogens with one attached hydrogen (secondary N) is 2. The van der Waals surface area contributed by atoms with Crippen LogP contribution >= 0.6 is 0 Å². The second-order valence-electron chi connectivity index (χ2n) is 9.26. The lowest BCUT2D eigenvalue weighted by Crippen LogP contribution is -2.32. The fourth-order valence-electron chi connectivity index (χ4n) is 4.46. The lowest BCUT2D eigenvalue weighted by molar-refractivity contribution is -0.126. The minimum absolute atomic E-state index is 0.104. The van der Waals surface area contributed by atoms with Crippen LogP contribution in [-0.2, 0) is 27.3 Å². The van der Waals surface area contributed by atoms with Gasteiger partial charge in [-0.2, -0.15) is 0 Å². The van der Waals surface area contributed by atoms with Crippen molar-refractivity contribution >= 4 is 29.1 Å². The van der Waals surface area contributed by atoms with Crippen molar-refractivity contribution in [3.8, 4) is 11.5 Å². The first-order valence-corrected chi connectivity index (χ1v) is 12.7. The van der Waals surface area contributed by atoms with Crippen LogP contribution in [0.4, 0.5) is 11.4 Å². The Kier molecular flexibility index (Phi) is 8.63. The number of hydrogen-bond acceptors (Lipinski definition) is 5. The highest BCUT2D eigenvalue weighted by Gasteiger charge is 2.35. The molecule has 3 aromatic rings. The van der Waals surface area contributed by atoms with Gasteiger partial charge in [0.2, 0.25) is 11.8 Å². The van der Waals surface area contributed by atoms with Gasteiger partial charge in [-0.05, 0) is 66.4 Å². The summed E-state index contributed by atoms with van der Waals surface area (Å²) in [4.78, 5) is 39.4. The molecule has 1 saturated heterocycles. The average molecular weight is 516 g/mol. The molecule has 4 rings (SSSR count). The Balaban J connectivity index is 1.27.